The summed E-state index contributed by atoms with van der Waals surface area (Å²) in [6.45, 7) is 1.92. The number of fused-ring (bicyclic) bond motifs is 1. The summed E-state index contributed by atoms with van der Waals surface area (Å²) in [7, 11) is 0. The minimum absolute atomic E-state index is 0.00335. The molecule has 0 radical (unpaired) electrons. The van der Waals surface area contributed by atoms with Crippen LogP contribution in [0.1, 0.15) is 42.9 Å². The first kappa shape index (κ1) is 21.6. The molecule has 0 aliphatic heterocycles. The maximum Gasteiger partial charge on any atom is 0.338 e. The topological polar surface area (TPSA) is 124 Å². The number of aromatic amines is 1. The SMILES string of the molecule is Cc1cc(=O)n(C2CCCC2)c2nc(Nc3ccc(CC[S+]([O-])c4ncn[nH]4)cc3)ncc12. The molecule has 0 spiro atoms. The van der Waals surface area contributed by atoms with Gasteiger partial charge in [-0.05, 0) is 43.0 Å². The molecule has 10 heteroatoms. The molecule has 1 saturated carbocycles. The Hall–Kier alpha value is -3.24. The van der Waals surface area contributed by atoms with Gasteiger partial charge in [0, 0.05) is 47.0 Å². The molecule has 2 N–H and O–H groups in total. The molecule has 5 rings (SSSR count). The Bertz CT molecular complexity index is 1300. The average Bonchev–Trinajstić information content (AvgIpc) is 3.53. The quantitative estimate of drug-likeness (QED) is 0.402. The molecule has 3 heterocycles. The number of nitrogens with zero attached hydrogens (tertiary/aromatic N) is 5. The molecule has 9 nitrogen and oxygen atoms in total. The molecular formula is C23H25N7O2S. The molecule has 170 valence electrons. The molecule has 3 aromatic heterocycles. The van der Waals surface area contributed by atoms with E-state index in [0.29, 0.717) is 28.9 Å². The second kappa shape index (κ2) is 9.32. The van der Waals surface area contributed by atoms with Gasteiger partial charge in [0.1, 0.15) is 17.7 Å². The second-order valence-corrected chi connectivity index (χ2v) is 9.80. The van der Waals surface area contributed by atoms with Crippen LogP contribution in [0.2, 0.25) is 0 Å². The second-order valence-electron chi connectivity index (χ2n) is 8.32. The maximum atomic E-state index is 12.8. The van der Waals surface area contributed by atoms with Gasteiger partial charge in [0.2, 0.25) is 5.95 Å². The van der Waals surface area contributed by atoms with Gasteiger partial charge in [-0.3, -0.25) is 9.36 Å². The van der Waals surface area contributed by atoms with Crippen LogP contribution in [0.15, 0.2) is 52.8 Å². The van der Waals surface area contributed by atoms with Crippen molar-refractivity contribution in [3.8, 4) is 0 Å². The Balaban J connectivity index is 1.33. The van der Waals surface area contributed by atoms with E-state index in [-0.39, 0.29) is 11.6 Å². The molecule has 1 aliphatic carbocycles. The van der Waals surface area contributed by atoms with E-state index >= 15 is 0 Å². The van der Waals surface area contributed by atoms with Crippen LogP contribution in [0.25, 0.3) is 11.0 Å². The first-order chi connectivity index (χ1) is 16.1. The van der Waals surface area contributed by atoms with Gasteiger partial charge < -0.3 is 9.87 Å². The number of nitrogens with one attached hydrogen (secondary N) is 2. The summed E-state index contributed by atoms with van der Waals surface area (Å²) >= 11 is -1.20. The largest absolute Gasteiger partial charge is 0.609 e. The summed E-state index contributed by atoms with van der Waals surface area (Å²) in [4.78, 5) is 25.9. The molecule has 1 fully saturated rings. The van der Waals surface area contributed by atoms with E-state index < -0.39 is 11.2 Å². The highest BCUT2D eigenvalue weighted by Crippen LogP contribution is 2.31. The molecule has 1 aliphatic rings. The van der Waals surface area contributed by atoms with E-state index in [4.69, 9.17) is 4.98 Å². The fourth-order valence-electron chi connectivity index (χ4n) is 4.34. The summed E-state index contributed by atoms with van der Waals surface area (Å²) < 4.78 is 14.0. The van der Waals surface area contributed by atoms with E-state index in [0.717, 1.165) is 47.9 Å². The minimum Gasteiger partial charge on any atom is -0.609 e. The van der Waals surface area contributed by atoms with E-state index in [1.807, 2.05) is 35.8 Å². The van der Waals surface area contributed by atoms with Crippen molar-refractivity contribution < 1.29 is 4.55 Å². The molecule has 1 aromatic carbocycles. The van der Waals surface area contributed by atoms with E-state index in [2.05, 4.69) is 25.5 Å². The van der Waals surface area contributed by atoms with Crippen molar-refractivity contribution in [2.75, 3.05) is 11.1 Å². The third kappa shape index (κ3) is 4.62. The highest BCUT2D eigenvalue weighted by Gasteiger charge is 2.21. The zero-order valence-electron chi connectivity index (χ0n) is 18.3. The lowest BCUT2D eigenvalue weighted by Crippen LogP contribution is -2.24. The summed E-state index contributed by atoms with van der Waals surface area (Å²) in [5.41, 5.74) is 3.50. The van der Waals surface area contributed by atoms with E-state index in [1.54, 1.807) is 12.3 Å². The van der Waals surface area contributed by atoms with Crippen LogP contribution in [0.5, 0.6) is 0 Å². The fourth-order valence-corrected chi connectivity index (χ4v) is 5.28. The monoisotopic (exact) mass is 463 g/mol. The predicted octanol–water partition coefficient (Wildman–Crippen LogP) is 3.43. The summed E-state index contributed by atoms with van der Waals surface area (Å²) in [6.07, 6.45) is 8.10. The lowest BCUT2D eigenvalue weighted by molar-refractivity contribution is 0.515. The van der Waals surface area contributed by atoms with Crippen molar-refractivity contribution in [1.82, 2.24) is 29.7 Å². The van der Waals surface area contributed by atoms with Gasteiger partial charge in [-0.15, -0.1) is 0 Å². The first-order valence-corrected chi connectivity index (χ1v) is 12.4. The standard InChI is InChI=1S/C23H25N7O2S/c1-15-12-20(31)30(18-4-2-3-5-18)21-19(15)13-24-22(28-21)27-17-8-6-16(7-9-17)10-11-33(32)23-25-14-26-29-23/h6-9,12-14,18H,2-5,10-11H2,1H3,(H,24,27,28)(H,25,26,29). The molecule has 0 bridgehead atoms. The number of rotatable bonds is 7. The Kier molecular flexibility index (Phi) is 6.10. The van der Waals surface area contributed by atoms with Gasteiger partial charge >= 0.3 is 5.16 Å². The molecule has 1 unspecified atom stereocenters. The summed E-state index contributed by atoms with van der Waals surface area (Å²) in [6, 6.07) is 9.75. The molecular weight excluding hydrogens is 438 g/mol. The van der Waals surface area contributed by atoms with Crippen LogP contribution in [0.3, 0.4) is 0 Å². The number of hydrogen-bond donors (Lipinski definition) is 2. The van der Waals surface area contributed by atoms with Crippen LogP contribution < -0.4 is 10.9 Å². The predicted molar refractivity (Wildman–Crippen MR) is 127 cm³/mol. The molecule has 0 saturated heterocycles. The zero-order valence-corrected chi connectivity index (χ0v) is 19.1. The Morgan fingerprint density at radius 2 is 2.00 bits per heavy atom. The van der Waals surface area contributed by atoms with Crippen LogP contribution in [-0.4, -0.2) is 40.0 Å². The highest BCUT2D eigenvalue weighted by molar-refractivity contribution is 7.91. The molecule has 0 amide bonds. The summed E-state index contributed by atoms with van der Waals surface area (Å²) in [5.74, 6) is 0.923. The van der Waals surface area contributed by atoms with Crippen LogP contribution in [-0.2, 0) is 17.6 Å². The summed E-state index contributed by atoms with van der Waals surface area (Å²) in [5, 5.41) is 10.9. The number of aromatic nitrogens is 6. The van der Waals surface area contributed by atoms with Crippen molar-refractivity contribution in [3.05, 3.63) is 64.3 Å². The van der Waals surface area contributed by atoms with Gasteiger partial charge in [-0.2, -0.15) is 15.1 Å². The lowest BCUT2D eigenvalue weighted by Gasteiger charge is -2.17. The minimum atomic E-state index is -1.20. The number of benzene rings is 1. The zero-order chi connectivity index (χ0) is 22.8. The highest BCUT2D eigenvalue weighted by atomic mass is 32.2. The average molecular weight is 464 g/mol. The number of H-pyrrole nitrogens is 1. The number of anilines is 2. The third-order valence-electron chi connectivity index (χ3n) is 6.08. The van der Waals surface area contributed by atoms with Gasteiger partial charge in [-0.25, -0.2) is 10.1 Å². The van der Waals surface area contributed by atoms with Crippen molar-refractivity contribution in [2.45, 2.75) is 50.2 Å². The maximum absolute atomic E-state index is 12.8. The third-order valence-corrected chi connectivity index (χ3v) is 7.29. The van der Waals surface area contributed by atoms with Crippen molar-refractivity contribution in [1.29, 1.82) is 0 Å². The fraction of sp³-hybridized carbons (Fsp3) is 0.348. The van der Waals surface area contributed by atoms with E-state index in [1.165, 1.54) is 6.33 Å². The van der Waals surface area contributed by atoms with Gasteiger partial charge in [0.25, 0.3) is 5.56 Å². The molecule has 1 atom stereocenters. The van der Waals surface area contributed by atoms with E-state index in [9.17, 15) is 9.35 Å². The Morgan fingerprint density at radius 3 is 2.73 bits per heavy atom. The molecule has 4 aromatic rings. The van der Waals surface area contributed by atoms with Gasteiger partial charge in [-0.1, -0.05) is 25.0 Å². The van der Waals surface area contributed by atoms with Crippen molar-refractivity contribution >= 4 is 33.8 Å². The van der Waals surface area contributed by atoms with Crippen LogP contribution in [0.4, 0.5) is 11.6 Å². The van der Waals surface area contributed by atoms with Crippen molar-refractivity contribution in [2.24, 2.45) is 0 Å². The van der Waals surface area contributed by atoms with Crippen LogP contribution in [0, 0.1) is 6.92 Å². The Labute approximate surface area is 193 Å². The van der Waals surface area contributed by atoms with Gasteiger partial charge in [0.15, 0.2) is 0 Å². The number of hydrogen-bond acceptors (Lipinski definition) is 7. The normalized spacial score (nSPS) is 15.2. The lowest BCUT2D eigenvalue weighted by atomic mass is 10.1. The van der Waals surface area contributed by atoms with Crippen molar-refractivity contribution in [3.63, 3.8) is 0 Å². The van der Waals surface area contributed by atoms with Gasteiger partial charge in [0.05, 0.1) is 0 Å². The van der Waals surface area contributed by atoms with Crippen LogP contribution >= 0.6 is 0 Å². The number of aryl methyl sites for hydroxylation is 2. The smallest absolute Gasteiger partial charge is 0.338 e. The molecule has 33 heavy (non-hydrogen) atoms. The first-order valence-electron chi connectivity index (χ1n) is 11.1. The number of pyridine rings is 1. The Morgan fingerprint density at radius 1 is 1.21 bits per heavy atom.